The first-order valence-electron chi connectivity index (χ1n) is 8.49. The van der Waals surface area contributed by atoms with Crippen LogP contribution in [0.2, 0.25) is 0 Å². The van der Waals surface area contributed by atoms with E-state index in [1.165, 1.54) is 31.2 Å². The molecule has 28 heavy (non-hydrogen) atoms. The van der Waals surface area contributed by atoms with Crippen LogP contribution in [0.5, 0.6) is 0 Å². The first kappa shape index (κ1) is 19.0. The van der Waals surface area contributed by atoms with Gasteiger partial charge in [-0.1, -0.05) is 24.3 Å². The Labute approximate surface area is 160 Å². The maximum Gasteiger partial charge on any atom is 0.325 e. The van der Waals surface area contributed by atoms with Crippen LogP contribution in [0.1, 0.15) is 23.6 Å². The Morgan fingerprint density at radius 2 is 1.82 bits per heavy atom. The number of hydrogen-bond acceptors (Lipinski definition) is 4. The summed E-state index contributed by atoms with van der Waals surface area (Å²) < 4.78 is 13.1. The van der Waals surface area contributed by atoms with Gasteiger partial charge in [0.05, 0.1) is 11.6 Å². The van der Waals surface area contributed by atoms with E-state index in [4.69, 9.17) is 5.26 Å². The van der Waals surface area contributed by atoms with Crippen molar-refractivity contribution in [1.29, 1.82) is 5.26 Å². The van der Waals surface area contributed by atoms with Gasteiger partial charge in [-0.3, -0.25) is 14.5 Å². The first-order chi connectivity index (χ1) is 13.3. The molecule has 1 aliphatic heterocycles. The van der Waals surface area contributed by atoms with Crippen LogP contribution in [0.15, 0.2) is 48.5 Å². The lowest BCUT2D eigenvalue weighted by atomic mass is 9.92. The van der Waals surface area contributed by atoms with Crippen LogP contribution >= 0.6 is 0 Å². The zero-order valence-electron chi connectivity index (χ0n) is 15.0. The predicted octanol–water partition coefficient (Wildman–Crippen LogP) is 1.78. The van der Waals surface area contributed by atoms with Gasteiger partial charge in [0.1, 0.15) is 17.9 Å². The quantitative estimate of drug-likeness (QED) is 0.772. The van der Waals surface area contributed by atoms with Crippen molar-refractivity contribution in [3.8, 4) is 6.07 Å². The summed E-state index contributed by atoms with van der Waals surface area (Å²) in [4.78, 5) is 38.0. The highest BCUT2D eigenvalue weighted by Gasteiger charge is 2.49. The Bertz CT molecular complexity index is 966. The van der Waals surface area contributed by atoms with Crippen molar-refractivity contribution in [1.82, 2.24) is 15.5 Å². The number of nitrogens with zero attached hydrogens (tertiary/aromatic N) is 2. The molecule has 2 aromatic carbocycles. The molecule has 0 spiro atoms. The van der Waals surface area contributed by atoms with Gasteiger partial charge >= 0.3 is 6.03 Å². The van der Waals surface area contributed by atoms with Crippen LogP contribution in [0.3, 0.4) is 0 Å². The molecule has 0 saturated carbocycles. The maximum absolute atomic E-state index is 13.1. The Hall–Kier alpha value is -3.73. The Balaban J connectivity index is 1.64. The van der Waals surface area contributed by atoms with Crippen LogP contribution < -0.4 is 10.6 Å². The molecular formula is C20H17FN4O3. The monoisotopic (exact) mass is 380 g/mol. The standard InChI is InChI=1S/C20H17FN4O3/c1-20(15-6-8-16(21)9-7-15)18(27)25(19(28)24-20)12-17(26)23-11-14-4-2-13(10-22)3-5-14/h2-9H,11-12H2,1H3,(H,23,26)(H,24,28). The molecule has 1 saturated heterocycles. The summed E-state index contributed by atoms with van der Waals surface area (Å²) in [6.45, 7) is 1.27. The molecule has 1 aliphatic rings. The molecule has 0 radical (unpaired) electrons. The number of nitrogens with one attached hydrogen (secondary N) is 2. The highest BCUT2D eigenvalue weighted by molar-refractivity contribution is 6.09. The van der Waals surface area contributed by atoms with Crippen LogP contribution in [0.25, 0.3) is 0 Å². The van der Waals surface area contributed by atoms with Crippen molar-refractivity contribution >= 4 is 17.8 Å². The van der Waals surface area contributed by atoms with E-state index < -0.39 is 35.7 Å². The van der Waals surface area contributed by atoms with Gasteiger partial charge in [-0.25, -0.2) is 9.18 Å². The second kappa shape index (κ2) is 7.48. The summed E-state index contributed by atoms with van der Waals surface area (Å²) in [5, 5.41) is 14.0. The molecule has 2 aromatic rings. The molecule has 0 aliphatic carbocycles. The molecule has 1 atom stereocenters. The number of carbonyl (C=O) groups is 3. The van der Waals surface area contributed by atoms with Crippen molar-refractivity contribution in [2.45, 2.75) is 19.0 Å². The third kappa shape index (κ3) is 3.69. The lowest BCUT2D eigenvalue weighted by Crippen LogP contribution is -2.43. The van der Waals surface area contributed by atoms with E-state index in [0.717, 1.165) is 10.5 Å². The van der Waals surface area contributed by atoms with Crippen molar-refractivity contribution in [2.24, 2.45) is 0 Å². The van der Waals surface area contributed by atoms with Gasteiger partial charge in [0, 0.05) is 6.54 Å². The normalized spacial score (nSPS) is 18.5. The van der Waals surface area contributed by atoms with Crippen molar-refractivity contribution in [2.75, 3.05) is 6.54 Å². The highest BCUT2D eigenvalue weighted by atomic mass is 19.1. The summed E-state index contributed by atoms with van der Waals surface area (Å²) in [5.74, 6) is -1.54. The molecule has 1 heterocycles. The number of amides is 4. The topological polar surface area (TPSA) is 102 Å². The summed E-state index contributed by atoms with van der Waals surface area (Å²) in [7, 11) is 0. The third-order valence-corrected chi connectivity index (χ3v) is 4.57. The maximum atomic E-state index is 13.1. The summed E-state index contributed by atoms with van der Waals surface area (Å²) in [5.41, 5.74) is 0.348. The molecule has 0 bridgehead atoms. The van der Waals surface area contributed by atoms with E-state index in [2.05, 4.69) is 10.6 Å². The average Bonchev–Trinajstić information content (AvgIpc) is 2.91. The Morgan fingerprint density at radius 1 is 1.18 bits per heavy atom. The van der Waals surface area contributed by atoms with E-state index in [-0.39, 0.29) is 6.54 Å². The third-order valence-electron chi connectivity index (χ3n) is 4.57. The predicted molar refractivity (Wildman–Crippen MR) is 97.0 cm³/mol. The largest absolute Gasteiger partial charge is 0.350 e. The summed E-state index contributed by atoms with van der Waals surface area (Å²) in [6.07, 6.45) is 0. The van der Waals surface area contributed by atoms with Gasteiger partial charge < -0.3 is 10.6 Å². The minimum absolute atomic E-state index is 0.198. The van der Waals surface area contributed by atoms with Gasteiger partial charge in [-0.2, -0.15) is 5.26 Å². The summed E-state index contributed by atoms with van der Waals surface area (Å²) >= 11 is 0. The number of hydrogen-bond donors (Lipinski definition) is 2. The second-order valence-corrected chi connectivity index (χ2v) is 6.54. The molecular weight excluding hydrogens is 363 g/mol. The lowest BCUT2D eigenvalue weighted by Gasteiger charge is -2.22. The Kier molecular flexibility index (Phi) is 5.09. The molecule has 8 heteroatoms. The molecule has 1 fully saturated rings. The molecule has 4 amide bonds. The smallest absolute Gasteiger partial charge is 0.325 e. The minimum Gasteiger partial charge on any atom is -0.350 e. The van der Waals surface area contributed by atoms with E-state index in [1.54, 1.807) is 24.3 Å². The highest BCUT2D eigenvalue weighted by Crippen LogP contribution is 2.28. The molecule has 7 nitrogen and oxygen atoms in total. The van der Waals surface area contributed by atoms with E-state index in [0.29, 0.717) is 11.1 Å². The number of rotatable bonds is 5. The van der Waals surface area contributed by atoms with E-state index in [9.17, 15) is 18.8 Å². The van der Waals surface area contributed by atoms with Crippen molar-refractivity contribution in [3.05, 3.63) is 71.0 Å². The van der Waals surface area contributed by atoms with Gasteiger partial charge in [-0.15, -0.1) is 0 Å². The molecule has 3 rings (SSSR count). The first-order valence-corrected chi connectivity index (χ1v) is 8.49. The van der Waals surface area contributed by atoms with Gasteiger partial charge in [0.2, 0.25) is 5.91 Å². The van der Waals surface area contributed by atoms with Crippen molar-refractivity contribution < 1.29 is 18.8 Å². The van der Waals surface area contributed by atoms with E-state index >= 15 is 0 Å². The van der Waals surface area contributed by atoms with Crippen LogP contribution in [-0.4, -0.2) is 29.3 Å². The number of urea groups is 1. The van der Waals surface area contributed by atoms with Crippen LogP contribution in [0, 0.1) is 17.1 Å². The second-order valence-electron chi connectivity index (χ2n) is 6.54. The zero-order chi connectivity index (χ0) is 20.3. The van der Waals surface area contributed by atoms with Gasteiger partial charge in [0.15, 0.2) is 0 Å². The average molecular weight is 380 g/mol. The van der Waals surface area contributed by atoms with Gasteiger partial charge in [0.25, 0.3) is 5.91 Å². The number of nitriles is 1. The number of benzene rings is 2. The Morgan fingerprint density at radius 3 is 2.43 bits per heavy atom. The number of halogens is 1. The number of imide groups is 1. The number of carbonyl (C=O) groups excluding carboxylic acids is 3. The van der Waals surface area contributed by atoms with Crippen LogP contribution in [-0.2, 0) is 21.7 Å². The van der Waals surface area contributed by atoms with Crippen molar-refractivity contribution in [3.63, 3.8) is 0 Å². The van der Waals surface area contributed by atoms with E-state index in [1.807, 2.05) is 6.07 Å². The fourth-order valence-electron chi connectivity index (χ4n) is 2.92. The minimum atomic E-state index is -1.36. The zero-order valence-corrected chi connectivity index (χ0v) is 15.0. The summed E-state index contributed by atoms with van der Waals surface area (Å²) in [6, 6.07) is 13.2. The fraction of sp³-hybridized carbons (Fsp3) is 0.200. The molecule has 1 unspecified atom stereocenters. The molecule has 2 N–H and O–H groups in total. The fourth-order valence-corrected chi connectivity index (χ4v) is 2.92. The van der Waals surface area contributed by atoms with Crippen LogP contribution in [0.4, 0.5) is 9.18 Å². The van der Waals surface area contributed by atoms with Gasteiger partial charge in [-0.05, 0) is 42.3 Å². The lowest BCUT2D eigenvalue weighted by molar-refractivity contribution is -0.134. The SMILES string of the molecule is CC1(c2ccc(F)cc2)NC(=O)N(CC(=O)NCc2ccc(C#N)cc2)C1=O. The molecule has 0 aromatic heterocycles. The molecule has 142 valence electrons.